The van der Waals surface area contributed by atoms with E-state index in [1.807, 2.05) is 97.1 Å². The van der Waals surface area contributed by atoms with E-state index < -0.39 is 17.4 Å². The first-order valence-corrected chi connectivity index (χ1v) is 19.4. The molecule has 0 saturated heterocycles. The fraction of sp³-hybridized carbons (Fsp3) is 0.0566. The van der Waals surface area contributed by atoms with Crippen LogP contribution in [0.15, 0.2) is 194 Å². The maximum atomic E-state index is 11.8. The van der Waals surface area contributed by atoms with E-state index in [0.717, 1.165) is 44.9 Å². The van der Waals surface area contributed by atoms with Gasteiger partial charge in [-0.2, -0.15) is 0 Å². The summed E-state index contributed by atoms with van der Waals surface area (Å²) in [5.74, 6) is -0.417. The monoisotopic (exact) mass is 770 g/mol. The van der Waals surface area contributed by atoms with E-state index in [9.17, 15) is 19.8 Å². The largest absolute Gasteiger partial charge is 0.489 e. The van der Waals surface area contributed by atoms with E-state index in [1.54, 1.807) is 24.3 Å². The Morgan fingerprint density at radius 2 is 0.729 bits per heavy atom. The predicted octanol–water partition coefficient (Wildman–Crippen LogP) is 11.9. The van der Waals surface area contributed by atoms with Crippen LogP contribution in [0.3, 0.4) is 0 Å². The van der Waals surface area contributed by atoms with E-state index in [-0.39, 0.29) is 11.1 Å². The Kier molecular flexibility index (Phi) is 9.81. The molecular formula is C53H38O6. The Bertz CT molecular complexity index is 2610. The Balaban J connectivity index is 0.965. The first kappa shape index (κ1) is 36.9. The molecule has 6 heteroatoms. The van der Waals surface area contributed by atoms with Crippen LogP contribution in [0.25, 0.3) is 33.4 Å². The minimum Gasteiger partial charge on any atom is -0.489 e. The highest BCUT2D eigenvalue weighted by atomic mass is 16.5. The van der Waals surface area contributed by atoms with Crippen molar-refractivity contribution >= 4 is 11.9 Å². The number of aromatic carboxylic acids is 2. The molecule has 0 bridgehead atoms. The number of rotatable bonds is 12. The number of ether oxygens (including phenoxy) is 2. The summed E-state index contributed by atoms with van der Waals surface area (Å²) in [6, 6.07) is 63.6. The maximum absolute atomic E-state index is 11.8. The molecule has 0 aliphatic heterocycles. The van der Waals surface area contributed by atoms with Gasteiger partial charge in [0.05, 0.1) is 16.5 Å². The standard InChI is InChI=1S/C53H38O6/c54-51(55)47-13-3-1-9-43(47)37-21-17-35(18-22-37)33-58-41-29-25-39(26-30-41)53(49-15-7-5-11-45(49)46-12-6-8-16-50(46)53)40-27-31-42(32-28-40)59-34-36-19-23-38(24-20-36)44-10-2-4-14-48(44)52(56)57/h1-32H,33-34H2,(H,54,55)(H,56,57). The molecule has 0 saturated carbocycles. The molecule has 0 amide bonds. The zero-order valence-corrected chi connectivity index (χ0v) is 31.9. The minimum atomic E-state index is -0.951. The average molecular weight is 771 g/mol. The molecule has 0 atom stereocenters. The second-order valence-electron chi connectivity index (χ2n) is 14.6. The van der Waals surface area contributed by atoms with E-state index >= 15 is 0 Å². The first-order valence-electron chi connectivity index (χ1n) is 19.4. The summed E-state index contributed by atoms with van der Waals surface area (Å²) in [7, 11) is 0. The van der Waals surface area contributed by atoms with Gasteiger partial charge in [0.1, 0.15) is 24.7 Å². The highest BCUT2D eigenvalue weighted by molar-refractivity contribution is 5.96. The summed E-state index contributed by atoms with van der Waals surface area (Å²) in [6.45, 7) is 0.725. The number of carboxylic acid groups (broad SMARTS) is 2. The van der Waals surface area contributed by atoms with Gasteiger partial charge in [0.15, 0.2) is 0 Å². The number of benzene rings is 8. The predicted molar refractivity (Wildman–Crippen MR) is 230 cm³/mol. The lowest BCUT2D eigenvalue weighted by molar-refractivity contribution is 0.0687. The summed E-state index contributed by atoms with van der Waals surface area (Å²) in [4.78, 5) is 23.5. The van der Waals surface area contributed by atoms with Crippen LogP contribution in [0.2, 0.25) is 0 Å². The van der Waals surface area contributed by atoms with Gasteiger partial charge in [-0.25, -0.2) is 9.59 Å². The molecule has 6 nitrogen and oxygen atoms in total. The van der Waals surface area contributed by atoms with Crippen LogP contribution >= 0.6 is 0 Å². The Hall–Kier alpha value is -7.70. The van der Waals surface area contributed by atoms with Crippen LogP contribution in [0.5, 0.6) is 11.5 Å². The third-order valence-corrected chi connectivity index (χ3v) is 11.2. The number of carboxylic acids is 2. The SMILES string of the molecule is O=C(O)c1ccccc1-c1ccc(COc2ccc(C3(c4ccc(OCc5ccc(-c6ccccc6C(=O)O)cc5)cc4)c4ccccc4-c4ccccc43)cc2)cc1. The third-order valence-electron chi connectivity index (χ3n) is 11.2. The van der Waals surface area contributed by atoms with E-state index in [4.69, 9.17) is 9.47 Å². The van der Waals surface area contributed by atoms with Crippen molar-refractivity contribution in [1.82, 2.24) is 0 Å². The molecule has 0 radical (unpaired) electrons. The van der Waals surface area contributed by atoms with Crippen molar-refractivity contribution in [3.05, 3.63) is 239 Å². The second kappa shape index (κ2) is 15.7. The van der Waals surface area contributed by atoms with Gasteiger partial charge in [-0.15, -0.1) is 0 Å². The molecule has 8 aromatic carbocycles. The Labute approximate surface area is 342 Å². The molecule has 9 rings (SSSR count). The fourth-order valence-electron chi connectivity index (χ4n) is 8.36. The van der Waals surface area contributed by atoms with Gasteiger partial charge in [-0.05, 0) is 103 Å². The summed E-state index contributed by atoms with van der Waals surface area (Å²) in [6.07, 6.45) is 0. The molecule has 59 heavy (non-hydrogen) atoms. The number of fused-ring (bicyclic) bond motifs is 3. The maximum Gasteiger partial charge on any atom is 0.336 e. The smallest absolute Gasteiger partial charge is 0.336 e. The van der Waals surface area contributed by atoms with Crippen LogP contribution < -0.4 is 9.47 Å². The summed E-state index contributed by atoms with van der Waals surface area (Å²) < 4.78 is 12.6. The number of hydrogen-bond donors (Lipinski definition) is 2. The van der Waals surface area contributed by atoms with E-state index in [0.29, 0.717) is 24.3 Å². The molecule has 1 aliphatic carbocycles. The summed E-state index contributed by atoms with van der Waals surface area (Å²) >= 11 is 0. The fourth-order valence-corrected chi connectivity index (χ4v) is 8.36. The summed E-state index contributed by atoms with van der Waals surface area (Å²) in [5.41, 5.74) is 12.0. The molecule has 0 spiro atoms. The first-order chi connectivity index (χ1) is 28.9. The molecule has 0 unspecified atom stereocenters. The lowest BCUT2D eigenvalue weighted by Crippen LogP contribution is -2.28. The van der Waals surface area contributed by atoms with Gasteiger partial charge in [0.25, 0.3) is 0 Å². The van der Waals surface area contributed by atoms with Crippen molar-refractivity contribution < 1.29 is 29.3 Å². The molecule has 8 aromatic rings. The van der Waals surface area contributed by atoms with Crippen LogP contribution in [0, 0.1) is 0 Å². The van der Waals surface area contributed by atoms with Crippen LogP contribution in [-0.4, -0.2) is 22.2 Å². The van der Waals surface area contributed by atoms with Crippen LogP contribution in [-0.2, 0) is 18.6 Å². The lowest BCUT2D eigenvalue weighted by Gasteiger charge is -2.34. The zero-order chi connectivity index (χ0) is 40.3. The summed E-state index contributed by atoms with van der Waals surface area (Å²) in [5, 5.41) is 19.3. The number of hydrogen-bond acceptors (Lipinski definition) is 4. The van der Waals surface area contributed by atoms with Gasteiger partial charge in [-0.3, -0.25) is 0 Å². The molecule has 1 aliphatic rings. The van der Waals surface area contributed by atoms with Crippen molar-refractivity contribution in [2.24, 2.45) is 0 Å². The van der Waals surface area contributed by atoms with Crippen LogP contribution in [0.4, 0.5) is 0 Å². The lowest BCUT2D eigenvalue weighted by atomic mass is 9.68. The van der Waals surface area contributed by atoms with E-state index in [1.165, 1.54) is 22.3 Å². The van der Waals surface area contributed by atoms with Gasteiger partial charge >= 0.3 is 11.9 Å². The molecule has 2 N–H and O–H groups in total. The highest BCUT2D eigenvalue weighted by Crippen LogP contribution is 2.56. The van der Waals surface area contributed by atoms with E-state index in [2.05, 4.69) is 72.8 Å². The van der Waals surface area contributed by atoms with Crippen molar-refractivity contribution in [1.29, 1.82) is 0 Å². The molecule has 0 heterocycles. The Morgan fingerprint density at radius 3 is 1.10 bits per heavy atom. The van der Waals surface area contributed by atoms with Crippen LogP contribution in [0.1, 0.15) is 54.1 Å². The molecule has 286 valence electrons. The van der Waals surface area contributed by atoms with Crippen molar-refractivity contribution in [2.45, 2.75) is 18.6 Å². The molecule has 0 aromatic heterocycles. The quantitative estimate of drug-likeness (QED) is 0.128. The zero-order valence-electron chi connectivity index (χ0n) is 31.9. The third kappa shape index (κ3) is 6.91. The second-order valence-corrected chi connectivity index (χ2v) is 14.6. The Morgan fingerprint density at radius 1 is 0.390 bits per heavy atom. The van der Waals surface area contributed by atoms with Gasteiger partial charge in [0.2, 0.25) is 0 Å². The van der Waals surface area contributed by atoms with Crippen molar-refractivity contribution in [3.8, 4) is 44.9 Å². The normalized spacial score (nSPS) is 12.3. The average Bonchev–Trinajstić information content (AvgIpc) is 3.59. The number of carbonyl (C=O) groups is 2. The van der Waals surface area contributed by atoms with Crippen molar-refractivity contribution in [2.75, 3.05) is 0 Å². The van der Waals surface area contributed by atoms with Gasteiger partial charge in [-0.1, -0.05) is 158 Å². The molecular weight excluding hydrogens is 733 g/mol. The van der Waals surface area contributed by atoms with Crippen molar-refractivity contribution in [3.63, 3.8) is 0 Å². The topological polar surface area (TPSA) is 93.1 Å². The van der Waals surface area contributed by atoms with Gasteiger partial charge < -0.3 is 19.7 Å². The minimum absolute atomic E-state index is 0.272. The highest BCUT2D eigenvalue weighted by Gasteiger charge is 2.45. The van der Waals surface area contributed by atoms with Gasteiger partial charge in [0, 0.05) is 0 Å². The molecule has 0 fully saturated rings.